The van der Waals surface area contributed by atoms with Crippen molar-refractivity contribution < 1.29 is 22.8 Å². The van der Waals surface area contributed by atoms with E-state index in [-0.39, 0.29) is 23.2 Å². The van der Waals surface area contributed by atoms with E-state index >= 15 is 0 Å². The molecule has 0 saturated carbocycles. The number of carbonyl (C=O) groups excluding carboxylic acids is 1. The van der Waals surface area contributed by atoms with Gasteiger partial charge in [0.1, 0.15) is 23.4 Å². The van der Waals surface area contributed by atoms with Crippen molar-refractivity contribution in [1.29, 1.82) is 0 Å². The summed E-state index contributed by atoms with van der Waals surface area (Å²) >= 11 is 6.27. The third-order valence-electron chi connectivity index (χ3n) is 6.42. The number of aromatic nitrogens is 2. The monoisotopic (exact) mass is 485 g/mol. The highest BCUT2D eigenvalue weighted by atomic mass is 35.5. The minimum absolute atomic E-state index is 0.0151. The number of rotatable bonds is 3. The molecule has 1 aromatic heterocycles. The molecule has 1 saturated heterocycles. The highest BCUT2D eigenvalue weighted by molar-refractivity contribution is 6.31. The zero-order valence-corrected chi connectivity index (χ0v) is 18.7. The van der Waals surface area contributed by atoms with Gasteiger partial charge in [-0.3, -0.25) is 14.7 Å². The van der Waals surface area contributed by atoms with Crippen LogP contribution in [0.4, 0.5) is 20.2 Å². The first-order valence-electron chi connectivity index (χ1n) is 10.7. The van der Waals surface area contributed by atoms with E-state index in [1.54, 1.807) is 28.3 Å². The van der Waals surface area contributed by atoms with Gasteiger partial charge >= 0.3 is 0 Å². The van der Waals surface area contributed by atoms with E-state index in [0.717, 1.165) is 24.2 Å². The Kier molecular flexibility index (Phi) is 4.72. The van der Waals surface area contributed by atoms with Crippen LogP contribution in [0.1, 0.15) is 31.7 Å². The highest BCUT2D eigenvalue weighted by Gasteiger charge is 2.53. The molecule has 3 aliphatic heterocycles. The molecule has 3 aliphatic rings. The van der Waals surface area contributed by atoms with Crippen LogP contribution in [0.3, 0.4) is 0 Å². The first-order valence-corrected chi connectivity index (χ1v) is 11.1. The predicted octanol–water partition coefficient (Wildman–Crippen LogP) is 4.50. The molecule has 0 N–H and O–H groups in total. The number of nitrogens with zero attached hydrogens (tertiary/aromatic N) is 5. The predicted molar refractivity (Wildman–Crippen MR) is 120 cm³/mol. The maximum absolute atomic E-state index is 14.2. The van der Waals surface area contributed by atoms with E-state index < -0.39 is 29.4 Å². The molecule has 11 heteroatoms. The maximum atomic E-state index is 14.2. The Hall–Kier alpha value is -3.37. The summed E-state index contributed by atoms with van der Waals surface area (Å²) in [5.41, 5.74) is 0.511. The lowest BCUT2D eigenvalue weighted by atomic mass is 9.97. The summed E-state index contributed by atoms with van der Waals surface area (Å²) in [5.74, 6) is -1.80. The molecule has 174 valence electrons. The molecule has 0 aliphatic carbocycles. The summed E-state index contributed by atoms with van der Waals surface area (Å²) in [7, 11) is 0. The smallest absolute Gasteiger partial charge is 0.255 e. The molecule has 34 heavy (non-hydrogen) atoms. The Bertz CT molecular complexity index is 1340. The SMILES string of the molecule is CC1(N2C(=O)C3C(c4nc(-c5ccc(F)cc5F)no4)N=CN3c3ccc(Cl)cc32)CCCO1. The van der Waals surface area contributed by atoms with Gasteiger partial charge in [0, 0.05) is 17.7 Å². The molecular formula is C23H18ClF2N5O3. The average Bonchev–Trinajstić information content (AvgIpc) is 3.53. The van der Waals surface area contributed by atoms with Gasteiger partial charge in [-0.1, -0.05) is 16.8 Å². The van der Waals surface area contributed by atoms with Gasteiger partial charge in [0.15, 0.2) is 6.04 Å². The fourth-order valence-electron chi connectivity index (χ4n) is 4.82. The lowest BCUT2D eigenvalue weighted by Crippen LogP contribution is -2.60. The second kappa shape index (κ2) is 7.57. The van der Waals surface area contributed by atoms with Crippen LogP contribution in [-0.4, -0.2) is 40.8 Å². The third kappa shape index (κ3) is 3.13. The number of ether oxygens (including phenoxy) is 1. The van der Waals surface area contributed by atoms with Crippen molar-refractivity contribution in [2.75, 3.05) is 16.4 Å². The molecule has 0 bridgehead atoms. The Labute approximate surface area is 197 Å². The fraction of sp³-hybridized carbons (Fsp3) is 0.304. The van der Waals surface area contributed by atoms with E-state index in [2.05, 4.69) is 15.1 Å². The molecule has 3 unspecified atom stereocenters. The Morgan fingerprint density at radius 2 is 2.03 bits per heavy atom. The van der Waals surface area contributed by atoms with Crippen molar-refractivity contribution in [3.8, 4) is 11.4 Å². The number of anilines is 2. The Morgan fingerprint density at radius 1 is 1.18 bits per heavy atom. The van der Waals surface area contributed by atoms with Crippen molar-refractivity contribution in [3.63, 3.8) is 0 Å². The minimum Gasteiger partial charge on any atom is -0.355 e. The molecular weight excluding hydrogens is 468 g/mol. The number of fused-ring (bicyclic) bond motifs is 3. The molecule has 8 nitrogen and oxygen atoms in total. The molecule has 0 spiro atoms. The molecule has 3 atom stereocenters. The first-order chi connectivity index (χ1) is 16.4. The third-order valence-corrected chi connectivity index (χ3v) is 6.65. The minimum atomic E-state index is -0.840. The van der Waals surface area contributed by atoms with Crippen molar-refractivity contribution in [2.45, 2.75) is 37.6 Å². The van der Waals surface area contributed by atoms with Crippen LogP contribution in [0.15, 0.2) is 45.9 Å². The molecule has 1 fully saturated rings. The van der Waals surface area contributed by atoms with Crippen molar-refractivity contribution in [1.82, 2.24) is 10.1 Å². The van der Waals surface area contributed by atoms with Gasteiger partial charge in [0.25, 0.3) is 11.8 Å². The molecule has 0 radical (unpaired) electrons. The molecule has 6 rings (SSSR count). The number of carbonyl (C=O) groups is 1. The highest BCUT2D eigenvalue weighted by Crippen LogP contribution is 2.48. The van der Waals surface area contributed by atoms with Gasteiger partial charge in [0.05, 0.1) is 23.3 Å². The van der Waals surface area contributed by atoms with Gasteiger partial charge in [-0.05, 0) is 50.1 Å². The summed E-state index contributed by atoms with van der Waals surface area (Å²) in [6.45, 7) is 2.42. The van der Waals surface area contributed by atoms with Crippen LogP contribution in [0, 0.1) is 11.6 Å². The van der Waals surface area contributed by atoms with Gasteiger partial charge in [0.2, 0.25) is 5.82 Å². The summed E-state index contributed by atoms with van der Waals surface area (Å²) in [6, 6.07) is 6.76. The van der Waals surface area contributed by atoms with E-state index in [1.165, 1.54) is 6.07 Å². The van der Waals surface area contributed by atoms with Crippen molar-refractivity contribution in [3.05, 3.63) is 58.9 Å². The zero-order valence-electron chi connectivity index (χ0n) is 17.9. The average molecular weight is 486 g/mol. The normalized spacial score (nSPS) is 25.7. The molecule has 2 aromatic carbocycles. The maximum Gasteiger partial charge on any atom is 0.255 e. The molecule has 4 heterocycles. The van der Waals surface area contributed by atoms with E-state index in [0.29, 0.717) is 23.7 Å². The summed E-state index contributed by atoms with van der Waals surface area (Å²) in [5, 5.41) is 4.33. The van der Waals surface area contributed by atoms with E-state index in [9.17, 15) is 13.6 Å². The zero-order chi connectivity index (χ0) is 23.6. The lowest BCUT2D eigenvalue weighted by Gasteiger charge is -2.45. The summed E-state index contributed by atoms with van der Waals surface area (Å²) in [6.07, 6.45) is 3.04. The number of benzene rings is 2. The lowest BCUT2D eigenvalue weighted by molar-refractivity contribution is -0.125. The first kappa shape index (κ1) is 21.2. The Balaban J connectivity index is 1.41. The van der Waals surface area contributed by atoms with E-state index in [4.69, 9.17) is 20.9 Å². The number of hydrogen-bond acceptors (Lipinski definition) is 7. The van der Waals surface area contributed by atoms with Gasteiger partial charge < -0.3 is 14.2 Å². The largest absolute Gasteiger partial charge is 0.355 e. The topological polar surface area (TPSA) is 84.1 Å². The fourth-order valence-corrected chi connectivity index (χ4v) is 4.99. The summed E-state index contributed by atoms with van der Waals surface area (Å²) in [4.78, 5) is 26.1. The van der Waals surface area contributed by atoms with Crippen LogP contribution >= 0.6 is 11.6 Å². The van der Waals surface area contributed by atoms with Crippen LogP contribution in [0.2, 0.25) is 5.02 Å². The van der Waals surface area contributed by atoms with Crippen LogP contribution in [0.25, 0.3) is 11.4 Å². The second-order valence-electron chi connectivity index (χ2n) is 8.58. The van der Waals surface area contributed by atoms with Crippen molar-refractivity contribution >= 4 is 35.2 Å². The number of amides is 1. The van der Waals surface area contributed by atoms with E-state index in [1.807, 2.05) is 13.0 Å². The Morgan fingerprint density at radius 3 is 2.79 bits per heavy atom. The number of aliphatic imine (C=N–C) groups is 1. The number of hydrogen-bond donors (Lipinski definition) is 0. The van der Waals surface area contributed by atoms with Crippen LogP contribution < -0.4 is 9.80 Å². The molecule has 1 amide bonds. The second-order valence-corrected chi connectivity index (χ2v) is 9.01. The van der Waals surface area contributed by atoms with Gasteiger partial charge in [-0.25, -0.2) is 8.78 Å². The van der Waals surface area contributed by atoms with Gasteiger partial charge in [-0.2, -0.15) is 4.98 Å². The standard InChI is InChI=1S/C23H18ClF2N5O3/c1-23(7-2-8-33-23)31-17-9-12(24)3-6-16(17)30-11-27-18(19(30)22(31)32)21-28-20(29-34-21)14-5-4-13(25)10-15(14)26/h3-6,9-11,18-19H,2,7-8H2,1H3. The van der Waals surface area contributed by atoms with Gasteiger partial charge in [-0.15, -0.1) is 0 Å². The molecule has 3 aromatic rings. The number of halogens is 3. The quantitative estimate of drug-likeness (QED) is 0.543. The van der Waals surface area contributed by atoms with Crippen LogP contribution in [0.5, 0.6) is 0 Å². The van der Waals surface area contributed by atoms with Crippen molar-refractivity contribution in [2.24, 2.45) is 4.99 Å². The van der Waals surface area contributed by atoms with Crippen LogP contribution in [-0.2, 0) is 9.53 Å². The summed E-state index contributed by atoms with van der Waals surface area (Å²) < 4.78 is 38.9.